The van der Waals surface area contributed by atoms with Gasteiger partial charge in [-0.25, -0.2) is 0 Å². The predicted octanol–water partition coefficient (Wildman–Crippen LogP) is 6.11. The van der Waals surface area contributed by atoms with Crippen LogP contribution < -0.4 is 0 Å². The van der Waals surface area contributed by atoms with Crippen molar-refractivity contribution < 1.29 is 14.3 Å². The molecular formula is C26H40O3. The summed E-state index contributed by atoms with van der Waals surface area (Å²) in [6, 6.07) is 0. The van der Waals surface area contributed by atoms with Crippen LogP contribution in [0.2, 0.25) is 0 Å². The number of allylic oxidation sites excluding steroid dienone is 1. The first-order chi connectivity index (χ1) is 13.8. The molecule has 0 unspecified atom stereocenters. The fraction of sp³-hybridized carbons (Fsp3) is 0.846. The molecule has 4 aliphatic rings. The molecule has 0 amide bonds. The molecule has 0 spiro atoms. The Kier molecular flexibility index (Phi) is 5.72. The van der Waals surface area contributed by atoms with Crippen LogP contribution in [0.5, 0.6) is 0 Å². The summed E-state index contributed by atoms with van der Waals surface area (Å²) in [5, 5.41) is 0. The zero-order chi connectivity index (χ0) is 20.8. The fourth-order valence-electron chi connectivity index (χ4n) is 8.31. The molecule has 0 heterocycles. The Bertz CT molecular complexity index is 694. The van der Waals surface area contributed by atoms with Gasteiger partial charge in [-0.1, -0.05) is 26.3 Å². The van der Waals surface area contributed by atoms with E-state index < -0.39 is 0 Å². The highest BCUT2D eigenvalue weighted by Gasteiger charge is 2.59. The minimum absolute atomic E-state index is 0.0332. The van der Waals surface area contributed by atoms with Gasteiger partial charge >= 0.3 is 5.97 Å². The van der Waals surface area contributed by atoms with Crippen molar-refractivity contribution in [1.82, 2.24) is 0 Å². The highest BCUT2D eigenvalue weighted by Crippen LogP contribution is 2.67. The zero-order valence-corrected chi connectivity index (χ0v) is 19.0. The van der Waals surface area contributed by atoms with Crippen LogP contribution >= 0.6 is 0 Å². The quantitative estimate of drug-likeness (QED) is 0.523. The largest absolute Gasteiger partial charge is 0.466 e. The molecule has 3 heteroatoms. The average Bonchev–Trinajstić information content (AvgIpc) is 3.04. The SMILES string of the molecule is CCOC(=O)CC[C@H](C)[C@@H]1CC[C@@H]2[C@H]3CCC4=CC(=O)CC[C@]4(C)[C@H]3CC[C@@]21C. The second-order valence-electron chi connectivity index (χ2n) is 11.0. The summed E-state index contributed by atoms with van der Waals surface area (Å²) in [5.41, 5.74) is 2.17. The monoisotopic (exact) mass is 400 g/mol. The van der Waals surface area contributed by atoms with Crippen molar-refractivity contribution in [1.29, 1.82) is 0 Å². The van der Waals surface area contributed by atoms with E-state index in [0.717, 1.165) is 49.4 Å². The van der Waals surface area contributed by atoms with Gasteiger partial charge in [0, 0.05) is 12.8 Å². The Labute approximate surface area is 177 Å². The summed E-state index contributed by atoms with van der Waals surface area (Å²) in [5.74, 6) is 4.07. The predicted molar refractivity (Wildman–Crippen MR) is 115 cm³/mol. The molecule has 0 N–H and O–H groups in total. The normalized spacial score (nSPS) is 42.3. The van der Waals surface area contributed by atoms with Gasteiger partial charge in [0.25, 0.3) is 0 Å². The molecule has 4 rings (SSSR count). The van der Waals surface area contributed by atoms with E-state index in [9.17, 15) is 9.59 Å². The minimum Gasteiger partial charge on any atom is -0.466 e. The summed E-state index contributed by atoms with van der Waals surface area (Å²) in [7, 11) is 0. The van der Waals surface area contributed by atoms with Crippen LogP contribution in [-0.2, 0) is 14.3 Å². The molecule has 3 saturated carbocycles. The lowest BCUT2D eigenvalue weighted by Gasteiger charge is -2.58. The molecule has 7 atom stereocenters. The lowest BCUT2D eigenvalue weighted by atomic mass is 9.46. The number of carbonyl (C=O) groups excluding carboxylic acids is 2. The van der Waals surface area contributed by atoms with Gasteiger partial charge in [-0.15, -0.1) is 0 Å². The van der Waals surface area contributed by atoms with Gasteiger partial charge in [0.2, 0.25) is 0 Å². The van der Waals surface area contributed by atoms with Crippen molar-refractivity contribution in [2.24, 2.45) is 40.4 Å². The van der Waals surface area contributed by atoms with E-state index in [1.165, 1.54) is 37.7 Å². The standard InChI is InChI=1S/C26H40O3/c1-5-29-24(28)11-6-17(2)21-9-10-22-20-8-7-18-16-19(27)12-14-25(18,3)23(20)13-15-26(21,22)4/h16-17,20-23H,5-15H2,1-4H3/t17-,20+,21-,22+,23-,25-,26+/m0/s1. The summed E-state index contributed by atoms with van der Waals surface area (Å²) < 4.78 is 5.16. The Balaban J connectivity index is 1.48. The van der Waals surface area contributed by atoms with Crippen LogP contribution in [0.1, 0.15) is 91.9 Å². The lowest BCUT2D eigenvalue weighted by Crippen LogP contribution is -2.51. The van der Waals surface area contributed by atoms with E-state index in [1.54, 1.807) is 0 Å². The van der Waals surface area contributed by atoms with Crippen LogP contribution in [0.25, 0.3) is 0 Å². The van der Waals surface area contributed by atoms with Gasteiger partial charge in [-0.3, -0.25) is 9.59 Å². The summed E-state index contributed by atoms with van der Waals surface area (Å²) in [4.78, 5) is 23.9. The van der Waals surface area contributed by atoms with Crippen molar-refractivity contribution in [3.05, 3.63) is 11.6 Å². The van der Waals surface area contributed by atoms with E-state index >= 15 is 0 Å². The number of rotatable bonds is 5. The lowest BCUT2D eigenvalue weighted by molar-refractivity contribution is -0.143. The molecule has 4 aliphatic carbocycles. The van der Waals surface area contributed by atoms with Crippen molar-refractivity contribution >= 4 is 11.8 Å². The van der Waals surface area contributed by atoms with Gasteiger partial charge in [-0.05, 0) is 105 Å². The molecule has 162 valence electrons. The third-order valence-corrected chi connectivity index (χ3v) is 9.83. The second kappa shape index (κ2) is 7.85. The first kappa shape index (κ1) is 21.1. The number of esters is 1. The van der Waals surface area contributed by atoms with Crippen LogP contribution in [0, 0.1) is 40.4 Å². The van der Waals surface area contributed by atoms with Crippen molar-refractivity contribution in [2.45, 2.75) is 91.9 Å². The zero-order valence-electron chi connectivity index (χ0n) is 19.0. The molecule has 3 nitrogen and oxygen atoms in total. The fourth-order valence-corrected chi connectivity index (χ4v) is 8.31. The Hall–Kier alpha value is -1.12. The average molecular weight is 401 g/mol. The number of ketones is 1. The topological polar surface area (TPSA) is 43.4 Å². The van der Waals surface area contributed by atoms with Gasteiger partial charge in [0.15, 0.2) is 5.78 Å². The molecule has 3 fully saturated rings. The Morgan fingerprint density at radius 3 is 2.69 bits per heavy atom. The Morgan fingerprint density at radius 1 is 1.14 bits per heavy atom. The Morgan fingerprint density at radius 2 is 1.93 bits per heavy atom. The number of ether oxygens (including phenoxy) is 1. The molecule has 0 bridgehead atoms. The van der Waals surface area contributed by atoms with Crippen LogP contribution in [0.15, 0.2) is 11.6 Å². The molecule has 0 radical (unpaired) electrons. The minimum atomic E-state index is -0.0332. The van der Waals surface area contributed by atoms with Crippen LogP contribution in [-0.4, -0.2) is 18.4 Å². The number of hydrogen-bond acceptors (Lipinski definition) is 3. The van der Waals surface area contributed by atoms with Crippen LogP contribution in [0.3, 0.4) is 0 Å². The van der Waals surface area contributed by atoms with Gasteiger partial charge in [0.1, 0.15) is 0 Å². The summed E-state index contributed by atoms with van der Waals surface area (Å²) >= 11 is 0. The molecule has 0 saturated heterocycles. The number of carbonyl (C=O) groups is 2. The van der Waals surface area contributed by atoms with E-state index in [0.29, 0.717) is 30.1 Å². The first-order valence-electron chi connectivity index (χ1n) is 12.2. The van der Waals surface area contributed by atoms with Crippen molar-refractivity contribution in [2.75, 3.05) is 6.61 Å². The van der Waals surface area contributed by atoms with E-state index in [2.05, 4.69) is 20.8 Å². The van der Waals surface area contributed by atoms with E-state index in [4.69, 9.17) is 4.74 Å². The molecule has 0 aromatic carbocycles. The summed E-state index contributed by atoms with van der Waals surface area (Å²) in [6.07, 6.45) is 13.1. The third kappa shape index (κ3) is 3.51. The number of fused-ring (bicyclic) bond motifs is 5. The highest BCUT2D eigenvalue weighted by atomic mass is 16.5. The maximum absolute atomic E-state index is 12.0. The molecule has 0 aromatic rings. The maximum Gasteiger partial charge on any atom is 0.305 e. The molecule has 0 aliphatic heterocycles. The second-order valence-corrected chi connectivity index (χ2v) is 11.0. The highest BCUT2D eigenvalue weighted by molar-refractivity contribution is 5.91. The van der Waals surface area contributed by atoms with Gasteiger partial charge in [0.05, 0.1) is 6.61 Å². The third-order valence-electron chi connectivity index (χ3n) is 9.83. The molecular weight excluding hydrogens is 360 g/mol. The molecule has 29 heavy (non-hydrogen) atoms. The van der Waals surface area contributed by atoms with Gasteiger partial charge < -0.3 is 4.74 Å². The van der Waals surface area contributed by atoms with E-state index in [1.807, 2.05) is 13.0 Å². The van der Waals surface area contributed by atoms with Gasteiger partial charge in [-0.2, -0.15) is 0 Å². The van der Waals surface area contributed by atoms with Crippen LogP contribution in [0.4, 0.5) is 0 Å². The summed E-state index contributed by atoms with van der Waals surface area (Å²) in [6.45, 7) is 9.79. The number of hydrogen-bond donors (Lipinski definition) is 0. The van der Waals surface area contributed by atoms with E-state index in [-0.39, 0.29) is 11.4 Å². The smallest absolute Gasteiger partial charge is 0.305 e. The molecule has 0 aromatic heterocycles. The van der Waals surface area contributed by atoms with Crippen molar-refractivity contribution in [3.8, 4) is 0 Å². The first-order valence-corrected chi connectivity index (χ1v) is 12.2. The van der Waals surface area contributed by atoms with Crippen molar-refractivity contribution in [3.63, 3.8) is 0 Å². The maximum atomic E-state index is 12.0.